The first kappa shape index (κ1) is 13.4. The number of aromatic nitrogens is 2. The van der Waals surface area contributed by atoms with E-state index in [1.807, 2.05) is 24.3 Å². The van der Waals surface area contributed by atoms with E-state index in [0.29, 0.717) is 0 Å². The highest BCUT2D eigenvalue weighted by Gasteiger charge is 2.11. The van der Waals surface area contributed by atoms with Crippen molar-refractivity contribution in [1.82, 2.24) is 9.55 Å². The second-order valence-corrected chi connectivity index (χ2v) is 5.08. The van der Waals surface area contributed by atoms with Gasteiger partial charge < -0.3 is 9.47 Å². The fourth-order valence-electron chi connectivity index (χ4n) is 2.56. The maximum atomic E-state index is 4.75. The molecule has 3 aromatic rings. The average molecular weight is 277 g/mol. The lowest BCUT2D eigenvalue weighted by atomic mass is 10.3. The molecule has 3 heteroatoms. The molecule has 0 fully saturated rings. The number of aryl methyl sites for hydroxylation is 1. The Kier molecular flexibility index (Phi) is 3.73. The average Bonchev–Trinajstić information content (AvgIpc) is 2.84. The summed E-state index contributed by atoms with van der Waals surface area (Å²) in [6.45, 7) is 5.43. The highest BCUT2D eigenvalue weighted by atomic mass is 15.2. The summed E-state index contributed by atoms with van der Waals surface area (Å²) >= 11 is 0. The Labute approximate surface area is 125 Å². The molecule has 106 valence electrons. The van der Waals surface area contributed by atoms with E-state index in [0.717, 1.165) is 24.4 Å². The number of hydrogen-bond acceptors (Lipinski definition) is 2. The number of para-hydroxylation sites is 3. The first-order valence-electron chi connectivity index (χ1n) is 7.11. The van der Waals surface area contributed by atoms with Crippen LogP contribution in [0.1, 0.15) is 5.82 Å². The summed E-state index contributed by atoms with van der Waals surface area (Å²) in [6, 6.07) is 18.6. The molecule has 0 atom stereocenters. The fraction of sp³-hybridized carbons (Fsp3) is 0.167. The van der Waals surface area contributed by atoms with Gasteiger partial charge in [0.1, 0.15) is 5.82 Å². The lowest BCUT2D eigenvalue weighted by Crippen LogP contribution is -2.24. The summed E-state index contributed by atoms with van der Waals surface area (Å²) in [7, 11) is 2.07. The number of anilines is 1. The van der Waals surface area contributed by atoms with Crippen LogP contribution >= 0.6 is 0 Å². The number of rotatable bonds is 5. The summed E-state index contributed by atoms with van der Waals surface area (Å²) in [5, 5.41) is 0. The van der Waals surface area contributed by atoms with Crippen LogP contribution < -0.4 is 4.90 Å². The van der Waals surface area contributed by atoms with Gasteiger partial charge in [-0.1, -0.05) is 36.4 Å². The minimum Gasteiger partial charge on any atom is -0.360 e. The maximum absolute atomic E-state index is 4.75. The van der Waals surface area contributed by atoms with E-state index in [9.17, 15) is 0 Å². The van der Waals surface area contributed by atoms with Gasteiger partial charge in [0.25, 0.3) is 0 Å². The molecule has 0 saturated heterocycles. The number of imidazole rings is 1. The summed E-state index contributed by atoms with van der Waals surface area (Å²) < 4.78 is 2.16. The molecule has 0 aliphatic rings. The van der Waals surface area contributed by atoms with Crippen LogP contribution in [0.4, 0.5) is 5.69 Å². The standard InChI is InChI=1S/C18H19N3/c1-3-13-21(15-9-5-4-6-10-15)14-18-19-16-11-7-8-12-17(16)20(18)2/h3-12H,1,13-14H2,2H3. The Morgan fingerprint density at radius 1 is 1.10 bits per heavy atom. The summed E-state index contributed by atoms with van der Waals surface area (Å²) in [5.41, 5.74) is 3.39. The van der Waals surface area contributed by atoms with Gasteiger partial charge in [0.2, 0.25) is 0 Å². The summed E-state index contributed by atoms with van der Waals surface area (Å²) in [4.78, 5) is 7.02. The highest BCUT2D eigenvalue weighted by molar-refractivity contribution is 5.75. The van der Waals surface area contributed by atoms with E-state index in [4.69, 9.17) is 4.98 Å². The van der Waals surface area contributed by atoms with Crippen LogP contribution in [-0.4, -0.2) is 16.1 Å². The smallest absolute Gasteiger partial charge is 0.129 e. The van der Waals surface area contributed by atoms with Crippen molar-refractivity contribution in [2.75, 3.05) is 11.4 Å². The van der Waals surface area contributed by atoms with Gasteiger partial charge in [-0.05, 0) is 24.3 Å². The molecule has 1 heterocycles. The van der Waals surface area contributed by atoms with Crippen molar-refractivity contribution >= 4 is 16.7 Å². The molecule has 2 aromatic carbocycles. The Hall–Kier alpha value is -2.55. The molecular formula is C18H19N3. The van der Waals surface area contributed by atoms with Crippen molar-refractivity contribution < 1.29 is 0 Å². The fourth-order valence-corrected chi connectivity index (χ4v) is 2.56. The number of hydrogen-bond donors (Lipinski definition) is 0. The van der Waals surface area contributed by atoms with E-state index < -0.39 is 0 Å². The van der Waals surface area contributed by atoms with Crippen molar-refractivity contribution in [1.29, 1.82) is 0 Å². The van der Waals surface area contributed by atoms with Crippen LogP contribution in [0.5, 0.6) is 0 Å². The molecular weight excluding hydrogens is 258 g/mol. The largest absolute Gasteiger partial charge is 0.360 e. The Bertz CT molecular complexity index is 744. The monoisotopic (exact) mass is 277 g/mol. The minimum atomic E-state index is 0.765. The third-order valence-electron chi connectivity index (χ3n) is 3.68. The number of fused-ring (bicyclic) bond motifs is 1. The van der Waals surface area contributed by atoms with Crippen molar-refractivity contribution in [2.24, 2.45) is 7.05 Å². The van der Waals surface area contributed by atoms with Crippen LogP contribution in [0.15, 0.2) is 67.3 Å². The highest BCUT2D eigenvalue weighted by Crippen LogP contribution is 2.19. The summed E-state index contributed by atoms with van der Waals surface area (Å²) in [6.07, 6.45) is 1.93. The lowest BCUT2D eigenvalue weighted by Gasteiger charge is -2.23. The lowest BCUT2D eigenvalue weighted by molar-refractivity contribution is 0.755. The molecule has 21 heavy (non-hydrogen) atoms. The first-order valence-corrected chi connectivity index (χ1v) is 7.11. The molecule has 0 saturated carbocycles. The van der Waals surface area contributed by atoms with Crippen molar-refractivity contribution in [3.8, 4) is 0 Å². The molecule has 0 N–H and O–H groups in total. The van der Waals surface area contributed by atoms with Gasteiger partial charge in [0, 0.05) is 19.3 Å². The van der Waals surface area contributed by atoms with E-state index in [-0.39, 0.29) is 0 Å². The molecule has 0 spiro atoms. The van der Waals surface area contributed by atoms with Crippen LogP contribution in [0.3, 0.4) is 0 Å². The van der Waals surface area contributed by atoms with Gasteiger partial charge in [-0.3, -0.25) is 0 Å². The predicted octanol–water partition coefficient (Wildman–Crippen LogP) is 3.77. The quantitative estimate of drug-likeness (QED) is 0.662. The molecule has 1 aromatic heterocycles. The molecule has 3 rings (SSSR count). The zero-order valence-corrected chi connectivity index (χ0v) is 12.2. The van der Waals surface area contributed by atoms with Gasteiger partial charge in [0.15, 0.2) is 0 Å². The Balaban J connectivity index is 1.94. The third kappa shape index (κ3) is 2.68. The van der Waals surface area contributed by atoms with Gasteiger partial charge >= 0.3 is 0 Å². The van der Waals surface area contributed by atoms with Crippen molar-refractivity contribution in [3.63, 3.8) is 0 Å². The first-order chi connectivity index (χ1) is 10.3. The SMILES string of the molecule is C=CCN(Cc1nc2ccccc2n1C)c1ccccc1. The molecule has 0 radical (unpaired) electrons. The Morgan fingerprint density at radius 3 is 2.52 bits per heavy atom. The van der Waals surface area contributed by atoms with E-state index >= 15 is 0 Å². The number of nitrogens with zero attached hydrogens (tertiary/aromatic N) is 3. The van der Waals surface area contributed by atoms with Crippen LogP contribution in [0.25, 0.3) is 11.0 Å². The van der Waals surface area contributed by atoms with Gasteiger partial charge in [-0.2, -0.15) is 0 Å². The molecule has 3 nitrogen and oxygen atoms in total. The normalized spacial score (nSPS) is 10.7. The maximum Gasteiger partial charge on any atom is 0.129 e. The van der Waals surface area contributed by atoms with Crippen LogP contribution in [-0.2, 0) is 13.6 Å². The van der Waals surface area contributed by atoms with E-state index in [1.54, 1.807) is 0 Å². The summed E-state index contributed by atoms with van der Waals surface area (Å²) in [5.74, 6) is 1.06. The molecule has 0 amide bonds. The van der Waals surface area contributed by atoms with Gasteiger partial charge in [0.05, 0.1) is 17.6 Å². The Morgan fingerprint density at radius 2 is 1.81 bits per heavy atom. The zero-order chi connectivity index (χ0) is 14.7. The van der Waals surface area contributed by atoms with Crippen LogP contribution in [0, 0.1) is 0 Å². The van der Waals surface area contributed by atoms with Crippen molar-refractivity contribution in [2.45, 2.75) is 6.54 Å². The van der Waals surface area contributed by atoms with Gasteiger partial charge in [-0.25, -0.2) is 4.98 Å². The molecule has 0 aliphatic carbocycles. The molecule has 0 aliphatic heterocycles. The third-order valence-corrected chi connectivity index (χ3v) is 3.68. The van der Waals surface area contributed by atoms with Gasteiger partial charge in [-0.15, -0.1) is 6.58 Å². The zero-order valence-electron chi connectivity index (χ0n) is 12.2. The minimum absolute atomic E-state index is 0.765. The topological polar surface area (TPSA) is 21.1 Å². The molecule has 0 unspecified atom stereocenters. The second kappa shape index (κ2) is 5.83. The molecule has 0 bridgehead atoms. The van der Waals surface area contributed by atoms with E-state index in [2.05, 4.69) is 59.5 Å². The number of benzene rings is 2. The second-order valence-electron chi connectivity index (χ2n) is 5.08. The van der Waals surface area contributed by atoms with Crippen molar-refractivity contribution in [3.05, 3.63) is 73.1 Å². The predicted molar refractivity (Wildman–Crippen MR) is 88.4 cm³/mol. The van der Waals surface area contributed by atoms with Crippen LogP contribution in [0.2, 0.25) is 0 Å². The van der Waals surface area contributed by atoms with E-state index in [1.165, 1.54) is 11.2 Å².